The summed E-state index contributed by atoms with van der Waals surface area (Å²) in [4.78, 5) is 3.94. The standard InChI is InChI=1S/C13H15BrF3NO/c1-7-3-11(19-6-8(7)2)12-10(13(15,16)17)4-9(14)5-18-12/h4-5,7-8,11H,3,6H2,1-2H3. The van der Waals surface area contributed by atoms with Gasteiger partial charge in [0.25, 0.3) is 0 Å². The Hall–Kier alpha value is -0.620. The summed E-state index contributed by atoms with van der Waals surface area (Å²) in [5.41, 5.74) is -0.719. The van der Waals surface area contributed by atoms with Crippen molar-refractivity contribution in [2.45, 2.75) is 32.5 Å². The fourth-order valence-corrected chi connectivity index (χ4v) is 2.53. The molecule has 2 rings (SSSR count). The zero-order chi connectivity index (χ0) is 14.2. The number of hydrogen-bond acceptors (Lipinski definition) is 2. The Morgan fingerprint density at radius 1 is 1.32 bits per heavy atom. The first-order valence-electron chi connectivity index (χ1n) is 6.13. The highest BCUT2D eigenvalue weighted by Crippen LogP contribution is 2.40. The molecule has 0 spiro atoms. The topological polar surface area (TPSA) is 22.1 Å². The fraction of sp³-hybridized carbons (Fsp3) is 0.615. The maximum Gasteiger partial charge on any atom is 0.418 e. The van der Waals surface area contributed by atoms with Gasteiger partial charge in [-0.25, -0.2) is 0 Å². The minimum Gasteiger partial charge on any atom is -0.372 e. The van der Waals surface area contributed by atoms with E-state index in [1.54, 1.807) is 0 Å². The maximum atomic E-state index is 13.0. The van der Waals surface area contributed by atoms with Crippen molar-refractivity contribution in [3.63, 3.8) is 0 Å². The Balaban J connectivity index is 2.34. The van der Waals surface area contributed by atoms with Crippen LogP contribution in [0.15, 0.2) is 16.7 Å². The first-order chi connectivity index (χ1) is 8.79. The van der Waals surface area contributed by atoms with E-state index in [9.17, 15) is 13.2 Å². The third kappa shape index (κ3) is 3.28. The molecule has 0 aromatic carbocycles. The molecule has 0 bridgehead atoms. The first-order valence-corrected chi connectivity index (χ1v) is 6.92. The van der Waals surface area contributed by atoms with Gasteiger partial charge in [-0.05, 0) is 40.3 Å². The van der Waals surface area contributed by atoms with Crippen LogP contribution >= 0.6 is 15.9 Å². The summed E-state index contributed by atoms with van der Waals surface area (Å²) in [6.45, 7) is 4.55. The zero-order valence-electron chi connectivity index (χ0n) is 10.7. The van der Waals surface area contributed by atoms with Crippen LogP contribution in [0.5, 0.6) is 0 Å². The molecule has 1 aromatic rings. The van der Waals surface area contributed by atoms with Crippen LogP contribution in [0, 0.1) is 11.8 Å². The van der Waals surface area contributed by atoms with Gasteiger partial charge in [0, 0.05) is 10.7 Å². The molecule has 0 radical (unpaired) electrons. The molecule has 1 aliphatic rings. The Bertz CT molecular complexity index is 464. The van der Waals surface area contributed by atoms with Gasteiger partial charge < -0.3 is 4.74 Å². The molecule has 0 amide bonds. The van der Waals surface area contributed by atoms with Crippen molar-refractivity contribution in [3.8, 4) is 0 Å². The monoisotopic (exact) mass is 337 g/mol. The molecule has 3 atom stereocenters. The summed E-state index contributed by atoms with van der Waals surface area (Å²) in [6.07, 6.45) is -3.03. The molecule has 2 nitrogen and oxygen atoms in total. The predicted molar refractivity (Wildman–Crippen MR) is 68.6 cm³/mol. The smallest absolute Gasteiger partial charge is 0.372 e. The van der Waals surface area contributed by atoms with E-state index < -0.39 is 17.8 Å². The lowest BCUT2D eigenvalue weighted by Crippen LogP contribution is -2.28. The van der Waals surface area contributed by atoms with Crippen molar-refractivity contribution >= 4 is 15.9 Å². The van der Waals surface area contributed by atoms with E-state index in [-0.39, 0.29) is 5.69 Å². The molecule has 1 aliphatic heterocycles. The van der Waals surface area contributed by atoms with Crippen LogP contribution in [0.2, 0.25) is 0 Å². The van der Waals surface area contributed by atoms with E-state index >= 15 is 0 Å². The van der Waals surface area contributed by atoms with E-state index in [1.165, 1.54) is 6.20 Å². The van der Waals surface area contributed by atoms with Crippen LogP contribution in [0.25, 0.3) is 0 Å². The highest BCUT2D eigenvalue weighted by atomic mass is 79.9. The molecule has 1 aromatic heterocycles. The molecule has 0 aliphatic carbocycles. The maximum absolute atomic E-state index is 13.0. The normalized spacial score (nSPS) is 28.4. The number of alkyl halides is 3. The summed E-state index contributed by atoms with van der Waals surface area (Å²) >= 11 is 3.03. The van der Waals surface area contributed by atoms with Crippen LogP contribution in [-0.4, -0.2) is 11.6 Å². The van der Waals surface area contributed by atoms with Gasteiger partial charge in [-0.3, -0.25) is 4.98 Å². The van der Waals surface area contributed by atoms with E-state index in [0.717, 1.165) is 6.07 Å². The third-order valence-corrected chi connectivity index (χ3v) is 4.05. The average molecular weight is 338 g/mol. The second kappa shape index (κ2) is 5.40. The summed E-state index contributed by atoms with van der Waals surface area (Å²) in [5, 5.41) is 0. The van der Waals surface area contributed by atoms with E-state index in [2.05, 4.69) is 20.9 Å². The van der Waals surface area contributed by atoms with Gasteiger partial charge in [0.1, 0.15) is 6.10 Å². The molecule has 19 heavy (non-hydrogen) atoms. The molecule has 3 unspecified atom stereocenters. The van der Waals surface area contributed by atoms with Crippen LogP contribution in [0.1, 0.15) is 37.6 Å². The van der Waals surface area contributed by atoms with Gasteiger partial charge in [0.05, 0.1) is 17.9 Å². The number of halogens is 4. The average Bonchev–Trinajstić information content (AvgIpc) is 2.32. The van der Waals surface area contributed by atoms with Crippen molar-refractivity contribution in [3.05, 3.63) is 28.0 Å². The minimum absolute atomic E-state index is 0.00514. The quantitative estimate of drug-likeness (QED) is 0.747. The third-order valence-electron chi connectivity index (χ3n) is 3.61. The second-order valence-electron chi connectivity index (χ2n) is 5.10. The Kier molecular flexibility index (Phi) is 4.20. The number of ether oxygens (including phenoxy) is 1. The lowest BCUT2D eigenvalue weighted by molar-refractivity contribution is -0.141. The molecule has 2 heterocycles. The largest absolute Gasteiger partial charge is 0.418 e. The van der Waals surface area contributed by atoms with Gasteiger partial charge in [0.2, 0.25) is 0 Å². The van der Waals surface area contributed by atoms with Crippen molar-refractivity contribution in [1.82, 2.24) is 4.98 Å². The highest BCUT2D eigenvalue weighted by Gasteiger charge is 2.38. The molecule has 1 saturated heterocycles. The van der Waals surface area contributed by atoms with Crippen molar-refractivity contribution < 1.29 is 17.9 Å². The molecule has 0 saturated carbocycles. The van der Waals surface area contributed by atoms with Crippen LogP contribution in [-0.2, 0) is 10.9 Å². The van der Waals surface area contributed by atoms with Gasteiger partial charge >= 0.3 is 6.18 Å². The van der Waals surface area contributed by atoms with E-state index in [1.807, 2.05) is 13.8 Å². The molecular weight excluding hydrogens is 323 g/mol. The minimum atomic E-state index is -4.41. The van der Waals surface area contributed by atoms with Gasteiger partial charge in [-0.2, -0.15) is 13.2 Å². The Morgan fingerprint density at radius 2 is 2.00 bits per heavy atom. The van der Waals surface area contributed by atoms with Gasteiger partial charge in [-0.1, -0.05) is 13.8 Å². The predicted octanol–water partition coefficient (Wildman–Crippen LogP) is 4.60. The molecule has 0 N–H and O–H groups in total. The SMILES string of the molecule is CC1COC(c2ncc(Br)cc2C(F)(F)F)CC1C. The van der Waals surface area contributed by atoms with Gasteiger partial charge in [-0.15, -0.1) is 0 Å². The summed E-state index contributed by atoms with van der Waals surface area (Å²) in [6, 6.07) is 1.06. The summed E-state index contributed by atoms with van der Waals surface area (Å²) in [7, 11) is 0. The second-order valence-corrected chi connectivity index (χ2v) is 6.01. The Labute approximate surface area is 118 Å². The number of hydrogen-bond donors (Lipinski definition) is 0. The van der Waals surface area contributed by atoms with E-state index in [4.69, 9.17) is 4.74 Å². The lowest BCUT2D eigenvalue weighted by Gasteiger charge is -2.33. The van der Waals surface area contributed by atoms with Gasteiger partial charge in [0.15, 0.2) is 0 Å². The fourth-order valence-electron chi connectivity index (χ4n) is 2.19. The zero-order valence-corrected chi connectivity index (χ0v) is 12.3. The number of aromatic nitrogens is 1. The van der Waals surface area contributed by atoms with Crippen molar-refractivity contribution in [2.24, 2.45) is 11.8 Å². The summed E-state index contributed by atoms with van der Waals surface area (Å²) < 4.78 is 45.0. The van der Waals surface area contributed by atoms with Crippen molar-refractivity contribution in [2.75, 3.05) is 6.61 Å². The summed E-state index contributed by atoms with van der Waals surface area (Å²) in [5.74, 6) is 0.686. The molecule has 106 valence electrons. The van der Waals surface area contributed by atoms with Crippen LogP contribution in [0.4, 0.5) is 13.2 Å². The number of rotatable bonds is 1. The number of nitrogens with zero attached hydrogens (tertiary/aromatic N) is 1. The Morgan fingerprint density at radius 3 is 2.58 bits per heavy atom. The lowest BCUT2D eigenvalue weighted by atomic mass is 9.87. The molecule has 6 heteroatoms. The first kappa shape index (κ1) is 14.8. The number of pyridine rings is 1. The van der Waals surface area contributed by atoms with E-state index in [0.29, 0.717) is 29.3 Å². The van der Waals surface area contributed by atoms with Crippen LogP contribution < -0.4 is 0 Å². The van der Waals surface area contributed by atoms with Crippen LogP contribution in [0.3, 0.4) is 0 Å². The molecular formula is C13H15BrF3NO. The molecule has 1 fully saturated rings. The highest BCUT2D eigenvalue weighted by molar-refractivity contribution is 9.10. The van der Waals surface area contributed by atoms with Crippen molar-refractivity contribution in [1.29, 1.82) is 0 Å².